The van der Waals surface area contributed by atoms with Crippen LogP contribution in [0.3, 0.4) is 0 Å². The normalized spacial score (nSPS) is 15.7. The lowest BCUT2D eigenvalue weighted by molar-refractivity contribution is 0.0950. The van der Waals surface area contributed by atoms with Crippen LogP contribution >= 0.6 is 0 Å². The number of carbonyl (C=O) groups excluding carboxylic acids is 1. The van der Waals surface area contributed by atoms with Crippen LogP contribution in [0.15, 0.2) is 71.8 Å². The summed E-state index contributed by atoms with van der Waals surface area (Å²) in [5.41, 5.74) is 3.92. The van der Waals surface area contributed by atoms with Gasteiger partial charge in [-0.1, -0.05) is 36.4 Å². The molecule has 8 heteroatoms. The van der Waals surface area contributed by atoms with Gasteiger partial charge in [0.1, 0.15) is 5.82 Å². The highest BCUT2D eigenvalue weighted by Crippen LogP contribution is 2.24. The Morgan fingerprint density at radius 2 is 1.85 bits per heavy atom. The number of aromatic nitrogens is 1. The van der Waals surface area contributed by atoms with Gasteiger partial charge in [-0.15, -0.1) is 0 Å². The first-order valence-corrected chi connectivity index (χ1v) is 12.6. The number of nitrogens with zero attached hydrogens (tertiary/aromatic N) is 2. The minimum atomic E-state index is -3.60. The Bertz CT molecular complexity index is 1270. The van der Waals surface area contributed by atoms with E-state index >= 15 is 0 Å². The SMILES string of the molecule is O=C(NCc1ccc(N2CCc3ccccc3C2)nc1)c1cccc(S(=O)(=O)NC2CC2)c1. The number of sulfonamides is 1. The number of fused-ring (bicyclic) bond motifs is 1. The molecule has 0 unspecified atom stereocenters. The first-order valence-electron chi connectivity index (χ1n) is 11.2. The van der Waals surface area contributed by atoms with E-state index in [0.717, 1.165) is 43.7 Å². The molecule has 3 aromatic rings. The van der Waals surface area contributed by atoms with Gasteiger partial charge in [-0.05, 0) is 60.2 Å². The molecule has 0 radical (unpaired) electrons. The number of benzene rings is 2. The van der Waals surface area contributed by atoms with Crippen LogP contribution in [0, 0.1) is 0 Å². The van der Waals surface area contributed by atoms with Crippen LogP contribution in [-0.2, 0) is 29.5 Å². The van der Waals surface area contributed by atoms with Gasteiger partial charge in [-0.3, -0.25) is 4.79 Å². The van der Waals surface area contributed by atoms with Crippen LogP contribution in [0.4, 0.5) is 5.82 Å². The topological polar surface area (TPSA) is 91.4 Å². The number of amides is 1. The fraction of sp³-hybridized carbons (Fsp3) is 0.280. The Hall–Kier alpha value is -3.23. The predicted octanol–water partition coefficient (Wildman–Crippen LogP) is 3.02. The Kier molecular flexibility index (Phi) is 5.86. The van der Waals surface area contributed by atoms with Crippen molar-refractivity contribution in [1.82, 2.24) is 15.0 Å². The van der Waals surface area contributed by atoms with Crippen molar-refractivity contribution in [2.75, 3.05) is 11.4 Å². The highest BCUT2D eigenvalue weighted by molar-refractivity contribution is 7.89. The molecule has 1 aliphatic carbocycles. The second-order valence-electron chi connectivity index (χ2n) is 8.57. The Labute approximate surface area is 193 Å². The van der Waals surface area contributed by atoms with Crippen molar-refractivity contribution in [3.63, 3.8) is 0 Å². The maximum Gasteiger partial charge on any atom is 0.251 e. The van der Waals surface area contributed by atoms with Gasteiger partial charge in [-0.2, -0.15) is 0 Å². The van der Waals surface area contributed by atoms with Crippen LogP contribution in [-0.4, -0.2) is 31.9 Å². The van der Waals surface area contributed by atoms with Crippen molar-refractivity contribution in [2.45, 2.75) is 43.3 Å². The molecular formula is C25H26N4O3S. The molecule has 7 nitrogen and oxygen atoms in total. The van der Waals surface area contributed by atoms with Gasteiger partial charge in [0.05, 0.1) is 4.90 Å². The third kappa shape index (κ3) is 5.07. The Morgan fingerprint density at radius 3 is 2.61 bits per heavy atom. The van der Waals surface area contributed by atoms with Gasteiger partial charge in [0, 0.05) is 37.4 Å². The summed E-state index contributed by atoms with van der Waals surface area (Å²) in [7, 11) is -3.60. The molecule has 1 aromatic heterocycles. The molecule has 1 saturated carbocycles. The minimum absolute atomic E-state index is 0.0163. The van der Waals surface area contributed by atoms with Crippen LogP contribution in [0.25, 0.3) is 0 Å². The van der Waals surface area contributed by atoms with Gasteiger partial charge >= 0.3 is 0 Å². The number of rotatable bonds is 7. The molecule has 0 bridgehead atoms. The van der Waals surface area contributed by atoms with E-state index in [1.165, 1.54) is 23.3 Å². The molecule has 0 saturated heterocycles. The first-order chi connectivity index (χ1) is 16.0. The molecule has 5 rings (SSSR count). The number of nitrogens with one attached hydrogen (secondary N) is 2. The van der Waals surface area contributed by atoms with Crippen molar-refractivity contribution < 1.29 is 13.2 Å². The molecule has 2 heterocycles. The summed E-state index contributed by atoms with van der Waals surface area (Å²) in [6.07, 6.45) is 4.49. The second kappa shape index (κ2) is 8.96. The monoisotopic (exact) mass is 462 g/mol. The van der Waals surface area contributed by atoms with Crippen LogP contribution < -0.4 is 14.9 Å². The molecule has 1 amide bonds. The lowest BCUT2D eigenvalue weighted by atomic mass is 10.00. The summed E-state index contributed by atoms with van der Waals surface area (Å²) in [5.74, 6) is 0.593. The Morgan fingerprint density at radius 1 is 1.03 bits per heavy atom. The van der Waals surface area contributed by atoms with Crippen LogP contribution in [0.2, 0.25) is 0 Å². The Balaban J connectivity index is 1.20. The molecule has 1 fully saturated rings. The summed E-state index contributed by atoms with van der Waals surface area (Å²) >= 11 is 0. The summed E-state index contributed by atoms with van der Waals surface area (Å²) < 4.78 is 27.5. The number of carbonyl (C=O) groups is 1. The third-order valence-electron chi connectivity index (χ3n) is 6.02. The maximum atomic E-state index is 12.6. The standard InChI is InChI=1S/C25H26N4O3S/c30-25(20-6-3-7-23(14-20)33(31,32)28-22-9-10-22)27-16-18-8-11-24(26-15-18)29-13-12-19-4-1-2-5-21(19)17-29/h1-8,11,14-15,22,28H,9-10,12-13,16-17H2,(H,27,30). The fourth-order valence-corrected chi connectivity index (χ4v) is 5.33. The van der Waals surface area contributed by atoms with Gasteiger partial charge in [0.25, 0.3) is 5.91 Å². The van der Waals surface area contributed by atoms with E-state index in [0.29, 0.717) is 12.1 Å². The molecule has 33 heavy (non-hydrogen) atoms. The predicted molar refractivity (Wildman–Crippen MR) is 126 cm³/mol. The number of hydrogen-bond acceptors (Lipinski definition) is 5. The van der Waals surface area contributed by atoms with Crippen LogP contribution in [0.5, 0.6) is 0 Å². The van der Waals surface area contributed by atoms with Crippen molar-refractivity contribution >= 4 is 21.7 Å². The average molecular weight is 463 g/mol. The lowest BCUT2D eigenvalue weighted by Gasteiger charge is -2.29. The largest absolute Gasteiger partial charge is 0.352 e. The summed E-state index contributed by atoms with van der Waals surface area (Å²) in [5, 5.41) is 2.85. The van der Waals surface area contributed by atoms with Gasteiger partial charge in [0.2, 0.25) is 10.0 Å². The number of anilines is 1. The molecule has 2 aliphatic rings. The number of pyridine rings is 1. The quantitative estimate of drug-likeness (QED) is 0.563. The van der Waals surface area contributed by atoms with E-state index in [2.05, 4.69) is 44.2 Å². The zero-order valence-electron chi connectivity index (χ0n) is 18.2. The van der Waals surface area contributed by atoms with E-state index in [4.69, 9.17) is 0 Å². The highest BCUT2D eigenvalue weighted by Gasteiger charge is 2.28. The minimum Gasteiger partial charge on any atom is -0.352 e. The molecule has 2 N–H and O–H groups in total. The van der Waals surface area contributed by atoms with Crippen molar-refractivity contribution in [1.29, 1.82) is 0 Å². The van der Waals surface area contributed by atoms with E-state index in [-0.39, 0.29) is 16.8 Å². The molecule has 1 aliphatic heterocycles. The van der Waals surface area contributed by atoms with Gasteiger partial charge in [0.15, 0.2) is 0 Å². The van der Waals surface area contributed by atoms with E-state index in [1.807, 2.05) is 12.1 Å². The fourth-order valence-electron chi connectivity index (χ4n) is 3.98. The zero-order valence-corrected chi connectivity index (χ0v) is 19.0. The molecule has 2 aromatic carbocycles. The van der Waals surface area contributed by atoms with Crippen molar-refractivity contribution in [3.8, 4) is 0 Å². The highest BCUT2D eigenvalue weighted by atomic mass is 32.2. The van der Waals surface area contributed by atoms with Crippen molar-refractivity contribution in [2.24, 2.45) is 0 Å². The molecular weight excluding hydrogens is 436 g/mol. The van der Waals surface area contributed by atoms with E-state index in [1.54, 1.807) is 18.3 Å². The number of hydrogen-bond donors (Lipinski definition) is 2. The first kappa shape index (κ1) is 21.6. The summed E-state index contributed by atoms with van der Waals surface area (Å²) in [4.78, 5) is 19.6. The van der Waals surface area contributed by atoms with E-state index < -0.39 is 10.0 Å². The molecule has 0 spiro atoms. The van der Waals surface area contributed by atoms with Crippen LogP contribution in [0.1, 0.15) is 39.9 Å². The van der Waals surface area contributed by atoms with E-state index in [9.17, 15) is 13.2 Å². The maximum absolute atomic E-state index is 12.6. The van der Waals surface area contributed by atoms with Crippen molar-refractivity contribution in [3.05, 3.63) is 89.1 Å². The molecule has 170 valence electrons. The third-order valence-corrected chi connectivity index (χ3v) is 7.54. The lowest BCUT2D eigenvalue weighted by Crippen LogP contribution is -2.31. The summed E-state index contributed by atoms with van der Waals surface area (Å²) in [6.45, 7) is 2.08. The van der Waals surface area contributed by atoms with Gasteiger partial charge < -0.3 is 10.2 Å². The molecule has 0 atom stereocenters. The van der Waals surface area contributed by atoms with Gasteiger partial charge in [-0.25, -0.2) is 18.1 Å². The smallest absolute Gasteiger partial charge is 0.251 e. The summed E-state index contributed by atoms with van der Waals surface area (Å²) in [6, 6.07) is 18.6. The zero-order chi connectivity index (χ0) is 22.8. The average Bonchev–Trinajstić information content (AvgIpc) is 3.66. The second-order valence-corrected chi connectivity index (χ2v) is 10.3.